The Bertz CT molecular complexity index is 4060. The van der Waals surface area contributed by atoms with Gasteiger partial charge in [-0.3, -0.25) is 14.4 Å². The number of ether oxygens (including phenoxy) is 12. The van der Waals surface area contributed by atoms with Crippen LogP contribution in [0.3, 0.4) is 0 Å². The molecule has 0 radical (unpaired) electrons. The lowest BCUT2D eigenvalue weighted by Gasteiger charge is -2.46. The summed E-state index contributed by atoms with van der Waals surface area (Å²) in [6.07, 6.45) is -21.1. The number of para-hydroxylation sites is 2. The van der Waals surface area contributed by atoms with Gasteiger partial charge < -0.3 is 123 Å². The second kappa shape index (κ2) is 30.8. The number of carbonyl (C=O) groups excluding carboxylic acids is 4. The first-order valence-corrected chi connectivity index (χ1v) is 35.1. The van der Waals surface area contributed by atoms with Crippen molar-refractivity contribution in [2.75, 3.05) is 14.2 Å². The van der Waals surface area contributed by atoms with E-state index in [9.17, 15) is 50.8 Å². The van der Waals surface area contributed by atoms with E-state index in [1.54, 1.807) is 40.7 Å². The third-order valence-electron chi connectivity index (χ3n) is 21.4. The Balaban J connectivity index is 0.866. The number of benzene rings is 4. The maximum Gasteiger partial charge on any atom is 0.328 e. The van der Waals surface area contributed by atoms with Gasteiger partial charge in [0.05, 0.1) is 78.6 Å². The number of Topliss-reactive ketones (excluding diaryl/α,β-unsaturated/α-hetero) is 1. The number of ketones is 1. The summed E-state index contributed by atoms with van der Waals surface area (Å²) in [4.78, 5) is 60.5. The number of aliphatic hydroxyl groups excluding tert-OH is 6. The van der Waals surface area contributed by atoms with Crippen molar-refractivity contribution in [3.05, 3.63) is 101 Å². The summed E-state index contributed by atoms with van der Waals surface area (Å²) >= 11 is 0. The van der Waals surface area contributed by atoms with E-state index in [0.717, 1.165) is 27.4 Å². The zero-order valence-corrected chi connectivity index (χ0v) is 59.4. The summed E-state index contributed by atoms with van der Waals surface area (Å²) in [5, 5.41) is 109. The molecule has 2 aromatic heterocycles. The van der Waals surface area contributed by atoms with Crippen molar-refractivity contribution in [2.45, 2.75) is 247 Å². The van der Waals surface area contributed by atoms with Crippen molar-refractivity contribution in [1.29, 1.82) is 0 Å². The van der Waals surface area contributed by atoms with Gasteiger partial charge in [-0.2, -0.15) is 0 Å². The molecule has 0 unspecified atom stereocenters. The number of nitrogens with one attached hydrogen (secondary N) is 2. The molecule has 12 rings (SSSR count). The van der Waals surface area contributed by atoms with Gasteiger partial charge in [-0.15, -0.1) is 0 Å². The molecule has 5 fully saturated rings. The minimum absolute atomic E-state index is 0.00901. The highest BCUT2D eigenvalue weighted by Crippen LogP contribution is 2.48. The Kier molecular flexibility index (Phi) is 22.7. The van der Waals surface area contributed by atoms with Gasteiger partial charge in [-0.05, 0) is 101 Å². The maximum absolute atomic E-state index is 15.8. The van der Waals surface area contributed by atoms with Gasteiger partial charge in [0.1, 0.15) is 72.1 Å². The first kappa shape index (κ1) is 75.7. The molecular weight excluding hydrogens is 1340 g/mol. The van der Waals surface area contributed by atoms with Crippen molar-refractivity contribution < 1.29 is 122 Å². The Labute approximate surface area is 594 Å². The van der Waals surface area contributed by atoms with Gasteiger partial charge in [0.15, 0.2) is 30.9 Å². The number of fused-ring (bicyclic) bond motifs is 4. The molecule has 7 heterocycles. The van der Waals surface area contributed by atoms with E-state index in [2.05, 4.69) is 10.6 Å². The molecule has 29 nitrogen and oxygen atoms in total. The molecule has 0 saturated carbocycles. The summed E-state index contributed by atoms with van der Waals surface area (Å²) in [6.45, 7) is 10.9. The fourth-order valence-electron chi connectivity index (χ4n) is 15.6. The second-order valence-corrected chi connectivity index (χ2v) is 28.7. The number of aliphatic hydroxyl groups is 7. The van der Waals surface area contributed by atoms with E-state index in [1.165, 1.54) is 34.1 Å². The third kappa shape index (κ3) is 15.5. The number of methoxy groups -OCH3 is 2. The predicted molar refractivity (Wildman–Crippen MR) is 365 cm³/mol. The first-order valence-electron chi connectivity index (χ1n) is 35.1. The number of hydrogen-bond donors (Lipinski definition) is 11. The minimum atomic E-state index is -1.75. The number of nitrogens with zero attached hydrogens (tertiary/aromatic N) is 2. The van der Waals surface area contributed by atoms with Crippen molar-refractivity contribution in [2.24, 2.45) is 20.0 Å². The number of phenolic OH excluding ortho intramolecular Hbond substituents is 2. The van der Waals surface area contributed by atoms with Gasteiger partial charge in [0, 0.05) is 112 Å². The summed E-state index contributed by atoms with van der Waals surface area (Å²) in [6, 6.07) is 15.5. The quantitative estimate of drug-likeness (QED) is 0.0461. The summed E-state index contributed by atoms with van der Waals surface area (Å²) in [5.41, 5.74) is 1.53. The fourth-order valence-corrected chi connectivity index (χ4v) is 15.6. The highest BCUT2D eigenvalue weighted by atomic mass is 16.7. The third-order valence-corrected chi connectivity index (χ3v) is 21.4. The molecule has 29 heteroatoms. The largest absolute Gasteiger partial charge is 0.507 e. The molecule has 5 saturated heterocycles. The van der Waals surface area contributed by atoms with Crippen LogP contribution in [0.1, 0.15) is 106 Å². The number of amides is 2. The molecule has 6 aromatic rings. The average Bonchev–Trinajstić information content (AvgIpc) is 1.66. The van der Waals surface area contributed by atoms with Crippen LogP contribution in [0.2, 0.25) is 0 Å². The Morgan fingerprint density at radius 1 is 0.621 bits per heavy atom. The molecule has 25 atom stereocenters. The predicted octanol–water partition coefficient (Wildman–Crippen LogP) is 3.05. The van der Waals surface area contributed by atoms with Gasteiger partial charge in [-0.25, -0.2) is 4.79 Å². The Hall–Kier alpha value is -6.98. The van der Waals surface area contributed by atoms with Crippen LogP contribution in [0.5, 0.6) is 17.2 Å². The lowest BCUT2D eigenvalue weighted by Crippen LogP contribution is -2.59. The minimum Gasteiger partial charge on any atom is -0.507 e. The number of aromatic hydroxyl groups is 2. The van der Waals surface area contributed by atoms with Crippen molar-refractivity contribution in [3.8, 4) is 17.2 Å². The summed E-state index contributed by atoms with van der Waals surface area (Å²) in [7, 11) is 6.16. The van der Waals surface area contributed by atoms with Crippen LogP contribution in [0.25, 0.3) is 32.6 Å². The number of esters is 1. The van der Waals surface area contributed by atoms with E-state index < -0.39 is 188 Å². The van der Waals surface area contributed by atoms with Crippen molar-refractivity contribution in [3.63, 3.8) is 0 Å². The van der Waals surface area contributed by atoms with Crippen LogP contribution >= 0.6 is 0 Å². The zero-order chi connectivity index (χ0) is 73.9. The molecule has 2 amide bonds. The molecule has 1 aliphatic carbocycles. The van der Waals surface area contributed by atoms with Gasteiger partial charge in [-0.1, -0.05) is 36.4 Å². The molecule has 11 N–H and O–H groups in total. The Morgan fingerprint density at radius 2 is 1.11 bits per heavy atom. The van der Waals surface area contributed by atoms with Gasteiger partial charge >= 0.3 is 5.97 Å². The van der Waals surface area contributed by atoms with E-state index >= 15 is 14.4 Å². The van der Waals surface area contributed by atoms with E-state index in [4.69, 9.17) is 56.8 Å². The van der Waals surface area contributed by atoms with E-state index in [0.29, 0.717) is 5.56 Å². The zero-order valence-electron chi connectivity index (χ0n) is 59.4. The molecule has 4 aromatic carbocycles. The highest BCUT2D eigenvalue weighted by Gasteiger charge is 2.52. The molecule has 0 bridgehead atoms. The standard InChI is InChI=1S/C74H96N4O25/c1-32-50(99-55-26-51(63(82)34(3)95-55)100-54-25-49(79)62(81)33(2)94-54)24-39-20-38-21-44(69(92-10)72(89)75-45(22-40-30-77(8)47-18-14-12-16-42(40)47)71(88)76-46(73(90)93-11)23-41-31-78(9)48-19-15-13-17-43(41)48)68(67(86)60(38)66(85)59(39)61(32)80)103-57-28-52(64(83)36(5)97-57)101-56-27-53(65(84)35(4)96-56)102-58-29-74(7,91)70(87)37(6)98-58/h12-20,24,30-31,33-37,44-46,49,51-58,62-65,68-70,79-85,87,91H,21-23,25-29H2,1-11H3,(H,75,89)(H,76,88)/t33-,34-,35-,36-,37-,44-,45+,46+,49-,51-,52-,53-,54+,55+,56+,57+,58+,62-,63-,64-,65+,68+,69+,70-,74+/m1/s1. The van der Waals surface area contributed by atoms with Crippen LogP contribution in [0.4, 0.5) is 0 Å². The number of phenols is 2. The number of aryl methyl sites for hydroxylation is 2. The molecule has 103 heavy (non-hydrogen) atoms. The maximum atomic E-state index is 15.8. The monoisotopic (exact) mass is 1440 g/mol. The summed E-state index contributed by atoms with van der Waals surface area (Å²) < 4.78 is 77.5. The second-order valence-electron chi connectivity index (χ2n) is 28.7. The van der Waals surface area contributed by atoms with Crippen molar-refractivity contribution in [1.82, 2.24) is 19.8 Å². The average molecular weight is 1440 g/mol. The van der Waals surface area contributed by atoms with Crippen LogP contribution in [0.15, 0.2) is 73.1 Å². The van der Waals surface area contributed by atoms with E-state index in [-0.39, 0.29) is 84.6 Å². The molecular formula is C74H96N4O25. The lowest BCUT2D eigenvalue weighted by molar-refractivity contribution is -0.334. The SMILES string of the molecule is COC(=O)[C@H](Cc1cn(C)c2ccccc12)NC(=O)[C@H](Cc1cn(C)c2ccccc12)NC(=O)[C@@H](OC)[C@@H]1Cc2cc3cc(O[C@H]4C[C@@H](O[C@H]5C[C@@H](O)[C@H](O)[C@@H](C)O5)[C@H](O)[C@@H](C)O4)c(C)c(O)c3c(O)c2C(=O)[C@H]1O[C@H]1C[C@@H](O[C@H]2C[C@@H](O[C@H]3C[C@](C)(O)[C@H](O)[C@@H](C)O3)[C@@H](O)[C@@H](C)O2)[C@H](O)[C@@H](C)O1. The smallest absolute Gasteiger partial charge is 0.328 e. The fraction of sp³-hybridized carbons (Fsp3) is 0.595. The number of hydrogen-bond acceptors (Lipinski definition) is 25. The summed E-state index contributed by atoms with van der Waals surface area (Å²) in [5.74, 6) is -5.69. The lowest BCUT2D eigenvalue weighted by atomic mass is 9.76. The van der Waals surface area contributed by atoms with Crippen LogP contribution in [-0.2, 0) is 99.8 Å². The van der Waals surface area contributed by atoms with E-state index in [1.807, 2.05) is 84.2 Å². The van der Waals surface area contributed by atoms with Crippen LogP contribution in [0, 0.1) is 12.8 Å². The molecule has 5 aliphatic heterocycles. The normalized spacial score (nSPS) is 34.4. The first-order chi connectivity index (χ1) is 48.9. The van der Waals surface area contributed by atoms with Crippen LogP contribution < -0.4 is 15.4 Å². The Morgan fingerprint density at radius 3 is 1.65 bits per heavy atom. The molecule has 562 valence electrons. The topological polar surface area (TPSA) is 395 Å². The molecule has 0 spiro atoms. The van der Waals surface area contributed by atoms with Gasteiger partial charge in [0.2, 0.25) is 18.1 Å². The van der Waals surface area contributed by atoms with Crippen molar-refractivity contribution >= 4 is 56.1 Å². The molecule has 6 aliphatic rings. The number of aromatic nitrogens is 2. The number of carbonyl (C=O) groups is 4. The highest BCUT2D eigenvalue weighted by molar-refractivity contribution is 6.11. The number of rotatable bonds is 21. The van der Waals surface area contributed by atoms with Crippen LogP contribution in [-0.4, -0.2) is 240 Å². The van der Waals surface area contributed by atoms with Gasteiger partial charge in [0.25, 0.3) is 0 Å².